The predicted molar refractivity (Wildman–Crippen MR) is 82.9 cm³/mol. The van der Waals surface area contributed by atoms with Gasteiger partial charge in [-0.25, -0.2) is 0 Å². The molecular weight excluding hydrogens is 252 g/mol. The van der Waals surface area contributed by atoms with Crippen LogP contribution in [0.15, 0.2) is 36.4 Å². The number of aryl methyl sites for hydroxylation is 2. The van der Waals surface area contributed by atoms with Gasteiger partial charge in [0, 0.05) is 16.4 Å². The molecule has 1 aromatic heterocycles. The van der Waals surface area contributed by atoms with E-state index in [-0.39, 0.29) is 6.61 Å². The fraction of sp³-hybridized carbons (Fsp3) is 0.412. The van der Waals surface area contributed by atoms with Gasteiger partial charge in [-0.1, -0.05) is 36.8 Å². The maximum Gasteiger partial charge on any atom is 0.0465 e. The van der Waals surface area contributed by atoms with Gasteiger partial charge >= 0.3 is 0 Å². The second-order valence-electron chi connectivity index (χ2n) is 5.16. The van der Waals surface area contributed by atoms with Crippen LogP contribution in [0.5, 0.6) is 0 Å². The summed E-state index contributed by atoms with van der Waals surface area (Å²) in [5.74, 6) is 0.325. The smallest absolute Gasteiger partial charge is 0.0465 e. The van der Waals surface area contributed by atoms with Crippen molar-refractivity contribution in [3.05, 3.63) is 57.3 Å². The van der Waals surface area contributed by atoms with Crippen LogP contribution in [-0.2, 0) is 19.3 Å². The van der Waals surface area contributed by atoms with Gasteiger partial charge in [-0.2, -0.15) is 0 Å². The Morgan fingerprint density at radius 1 is 1.00 bits per heavy atom. The monoisotopic (exact) mass is 274 g/mol. The predicted octanol–water partition coefficient (Wildman–Crippen LogP) is 4.01. The van der Waals surface area contributed by atoms with Crippen LogP contribution in [0, 0.1) is 12.8 Å². The number of benzene rings is 1. The van der Waals surface area contributed by atoms with Crippen LogP contribution in [0.25, 0.3) is 0 Å². The Bertz CT molecular complexity index is 498. The number of thiophene rings is 1. The highest BCUT2D eigenvalue weighted by Gasteiger charge is 2.11. The van der Waals surface area contributed by atoms with E-state index in [1.807, 2.05) is 11.3 Å². The molecule has 0 radical (unpaired) electrons. The first-order valence-corrected chi connectivity index (χ1v) is 7.77. The highest BCUT2D eigenvalue weighted by Crippen LogP contribution is 2.22. The highest BCUT2D eigenvalue weighted by atomic mass is 32.1. The molecule has 1 atom stereocenters. The molecule has 0 bridgehead atoms. The van der Waals surface area contributed by atoms with E-state index >= 15 is 0 Å². The second-order valence-corrected chi connectivity index (χ2v) is 6.42. The van der Waals surface area contributed by atoms with Gasteiger partial charge in [0.2, 0.25) is 0 Å². The molecule has 2 heteroatoms. The molecule has 1 aromatic carbocycles. The summed E-state index contributed by atoms with van der Waals surface area (Å²) in [5.41, 5.74) is 2.60. The quantitative estimate of drug-likeness (QED) is 0.843. The van der Waals surface area contributed by atoms with Crippen molar-refractivity contribution >= 4 is 11.3 Å². The lowest BCUT2D eigenvalue weighted by Crippen LogP contribution is -2.12. The van der Waals surface area contributed by atoms with Crippen LogP contribution in [0.4, 0.5) is 0 Å². The van der Waals surface area contributed by atoms with Crippen LogP contribution in [0.1, 0.15) is 27.8 Å². The number of hydrogen-bond acceptors (Lipinski definition) is 2. The molecule has 0 aliphatic rings. The van der Waals surface area contributed by atoms with Gasteiger partial charge in [-0.3, -0.25) is 0 Å². The minimum atomic E-state index is 0.257. The second kappa shape index (κ2) is 6.88. The van der Waals surface area contributed by atoms with E-state index in [4.69, 9.17) is 0 Å². The molecule has 0 aliphatic heterocycles. The molecule has 1 unspecified atom stereocenters. The van der Waals surface area contributed by atoms with Crippen molar-refractivity contribution < 1.29 is 5.11 Å². The van der Waals surface area contributed by atoms with E-state index in [0.29, 0.717) is 5.92 Å². The summed E-state index contributed by atoms with van der Waals surface area (Å²) in [7, 11) is 0. The average molecular weight is 274 g/mol. The van der Waals surface area contributed by atoms with E-state index in [1.165, 1.54) is 20.9 Å². The van der Waals surface area contributed by atoms with E-state index in [9.17, 15) is 5.11 Å². The Balaban J connectivity index is 1.98. The van der Waals surface area contributed by atoms with Gasteiger partial charge in [0.25, 0.3) is 0 Å². The van der Waals surface area contributed by atoms with Crippen molar-refractivity contribution in [2.75, 3.05) is 6.61 Å². The van der Waals surface area contributed by atoms with E-state index < -0.39 is 0 Å². The Morgan fingerprint density at radius 2 is 1.68 bits per heavy atom. The minimum Gasteiger partial charge on any atom is -0.396 e. The van der Waals surface area contributed by atoms with E-state index in [2.05, 4.69) is 50.2 Å². The average Bonchev–Trinajstić information content (AvgIpc) is 2.88. The van der Waals surface area contributed by atoms with E-state index in [1.54, 1.807) is 0 Å². The van der Waals surface area contributed by atoms with Gasteiger partial charge in [0.1, 0.15) is 0 Å². The number of hydrogen-bond donors (Lipinski definition) is 1. The SMILES string of the molecule is CCc1ccc(CC(CO)Cc2ccc(C)cc2)s1. The minimum absolute atomic E-state index is 0.257. The zero-order chi connectivity index (χ0) is 13.7. The Kier molecular flexibility index (Phi) is 5.17. The first-order chi connectivity index (χ1) is 9.21. The summed E-state index contributed by atoms with van der Waals surface area (Å²) in [5, 5.41) is 9.57. The van der Waals surface area contributed by atoms with E-state index in [0.717, 1.165) is 19.3 Å². The largest absolute Gasteiger partial charge is 0.396 e. The molecule has 102 valence electrons. The summed E-state index contributed by atoms with van der Waals surface area (Å²) in [6.45, 7) is 4.55. The van der Waals surface area contributed by atoms with Crippen molar-refractivity contribution in [3.8, 4) is 0 Å². The highest BCUT2D eigenvalue weighted by molar-refractivity contribution is 7.11. The molecular formula is C17H22OS. The molecule has 1 N–H and O–H groups in total. The molecule has 2 aromatic rings. The lowest BCUT2D eigenvalue weighted by molar-refractivity contribution is 0.225. The fourth-order valence-corrected chi connectivity index (χ4v) is 3.34. The first kappa shape index (κ1) is 14.3. The maximum atomic E-state index is 9.57. The number of rotatable bonds is 6. The van der Waals surface area contributed by atoms with Gasteiger partial charge in [0.05, 0.1) is 0 Å². The first-order valence-electron chi connectivity index (χ1n) is 6.95. The summed E-state index contributed by atoms with van der Waals surface area (Å²) < 4.78 is 0. The van der Waals surface area contributed by atoms with Crippen molar-refractivity contribution in [2.24, 2.45) is 5.92 Å². The maximum absolute atomic E-state index is 9.57. The summed E-state index contributed by atoms with van der Waals surface area (Å²) in [6, 6.07) is 13.0. The summed E-state index contributed by atoms with van der Waals surface area (Å²) in [4.78, 5) is 2.82. The fourth-order valence-electron chi connectivity index (χ4n) is 2.27. The van der Waals surface area contributed by atoms with Crippen LogP contribution < -0.4 is 0 Å². The Hall–Kier alpha value is -1.12. The molecule has 0 amide bonds. The van der Waals surface area contributed by atoms with Crippen LogP contribution >= 0.6 is 11.3 Å². The summed E-state index contributed by atoms with van der Waals surface area (Å²) >= 11 is 1.88. The van der Waals surface area contributed by atoms with Crippen LogP contribution in [-0.4, -0.2) is 11.7 Å². The third-order valence-corrected chi connectivity index (χ3v) is 4.71. The molecule has 0 aliphatic carbocycles. The third kappa shape index (κ3) is 4.19. The molecule has 2 rings (SSSR count). The normalized spacial score (nSPS) is 12.6. The number of aliphatic hydroxyl groups is 1. The molecule has 0 saturated heterocycles. The molecule has 0 saturated carbocycles. The van der Waals surface area contributed by atoms with Crippen LogP contribution in [0.3, 0.4) is 0 Å². The molecule has 1 heterocycles. The zero-order valence-electron chi connectivity index (χ0n) is 11.7. The third-order valence-electron chi connectivity index (χ3n) is 3.46. The molecule has 19 heavy (non-hydrogen) atoms. The van der Waals surface area contributed by atoms with Crippen molar-refractivity contribution in [2.45, 2.75) is 33.1 Å². The van der Waals surface area contributed by atoms with Gasteiger partial charge < -0.3 is 5.11 Å². The number of aliphatic hydroxyl groups excluding tert-OH is 1. The summed E-state index contributed by atoms with van der Waals surface area (Å²) in [6.07, 6.45) is 3.04. The molecule has 0 fully saturated rings. The van der Waals surface area contributed by atoms with Crippen molar-refractivity contribution in [1.82, 2.24) is 0 Å². The Labute approximate surface area is 119 Å². The Morgan fingerprint density at radius 3 is 2.26 bits per heavy atom. The molecule has 0 spiro atoms. The van der Waals surface area contributed by atoms with Crippen molar-refractivity contribution in [1.29, 1.82) is 0 Å². The van der Waals surface area contributed by atoms with Gasteiger partial charge in [-0.05, 0) is 49.8 Å². The zero-order valence-corrected chi connectivity index (χ0v) is 12.5. The topological polar surface area (TPSA) is 20.2 Å². The lowest BCUT2D eigenvalue weighted by Gasteiger charge is -2.13. The van der Waals surface area contributed by atoms with Gasteiger partial charge in [-0.15, -0.1) is 11.3 Å². The molecule has 1 nitrogen and oxygen atoms in total. The standard InChI is InChI=1S/C17H22OS/c1-3-16-8-9-17(19-16)11-15(12-18)10-14-6-4-13(2)5-7-14/h4-9,15,18H,3,10-12H2,1-2H3. The lowest BCUT2D eigenvalue weighted by atomic mass is 9.96. The van der Waals surface area contributed by atoms with Gasteiger partial charge in [0.15, 0.2) is 0 Å². The van der Waals surface area contributed by atoms with Crippen LogP contribution in [0.2, 0.25) is 0 Å². The van der Waals surface area contributed by atoms with Crippen molar-refractivity contribution in [3.63, 3.8) is 0 Å².